The van der Waals surface area contributed by atoms with E-state index in [1.165, 1.54) is 17.5 Å². The van der Waals surface area contributed by atoms with Crippen LogP contribution in [0.15, 0.2) is 42.5 Å². The molecule has 1 saturated heterocycles. The number of aryl methyl sites for hydroxylation is 2. The Hall–Kier alpha value is -2.82. The lowest BCUT2D eigenvalue weighted by atomic mass is 10.1. The van der Waals surface area contributed by atoms with Crippen LogP contribution in [0.25, 0.3) is 0 Å². The summed E-state index contributed by atoms with van der Waals surface area (Å²) in [6.07, 6.45) is 3.37. The van der Waals surface area contributed by atoms with E-state index in [0.717, 1.165) is 24.2 Å². The van der Waals surface area contributed by atoms with Gasteiger partial charge >= 0.3 is 0 Å². The molecule has 140 valence electrons. The number of methoxy groups -OCH3 is 1. The molecule has 0 atom stereocenters. The van der Waals surface area contributed by atoms with Crippen molar-refractivity contribution in [3.05, 3.63) is 64.7 Å². The molecule has 1 aliphatic carbocycles. The van der Waals surface area contributed by atoms with E-state index in [0.29, 0.717) is 31.7 Å². The van der Waals surface area contributed by atoms with Crippen LogP contribution >= 0.6 is 0 Å². The zero-order chi connectivity index (χ0) is 18.8. The topological polar surface area (TPSA) is 49.9 Å². The molecule has 2 amide bonds. The minimum Gasteiger partial charge on any atom is -0.497 e. The number of hydrogen-bond acceptors (Lipinski definition) is 3. The molecule has 5 heteroatoms. The molecule has 2 aliphatic rings. The van der Waals surface area contributed by atoms with Crippen LogP contribution < -0.4 is 4.74 Å². The lowest BCUT2D eigenvalue weighted by molar-refractivity contribution is 0.0535. The quantitative estimate of drug-likeness (QED) is 0.842. The zero-order valence-corrected chi connectivity index (χ0v) is 15.6. The summed E-state index contributed by atoms with van der Waals surface area (Å²) in [6.45, 7) is 2.25. The van der Waals surface area contributed by atoms with Crippen molar-refractivity contribution in [1.29, 1.82) is 0 Å². The van der Waals surface area contributed by atoms with Crippen LogP contribution in [0.4, 0.5) is 0 Å². The van der Waals surface area contributed by atoms with Gasteiger partial charge in [-0.3, -0.25) is 9.59 Å². The molecule has 4 rings (SSSR count). The van der Waals surface area contributed by atoms with Crippen molar-refractivity contribution in [2.45, 2.75) is 19.3 Å². The summed E-state index contributed by atoms with van der Waals surface area (Å²) >= 11 is 0. The minimum absolute atomic E-state index is 0.00211. The van der Waals surface area contributed by atoms with E-state index in [4.69, 9.17) is 4.74 Å². The summed E-state index contributed by atoms with van der Waals surface area (Å²) < 4.78 is 5.14. The van der Waals surface area contributed by atoms with Gasteiger partial charge in [0.05, 0.1) is 7.11 Å². The second-order valence-corrected chi connectivity index (χ2v) is 7.15. The smallest absolute Gasteiger partial charge is 0.253 e. The first kappa shape index (κ1) is 17.6. The highest BCUT2D eigenvalue weighted by atomic mass is 16.5. The number of hydrogen-bond donors (Lipinski definition) is 0. The third-order valence-electron chi connectivity index (χ3n) is 5.54. The van der Waals surface area contributed by atoms with Crippen LogP contribution in [0.5, 0.6) is 5.75 Å². The number of nitrogens with zero attached hydrogens (tertiary/aromatic N) is 2. The Labute approximate surface area is 159 Å². The molecule has 2 aromatic carbocycles. The van der Waals surface area contributed by atoms with Crippen molar-refractivity contribution in [2.24, 2.45) is 0 Å². The first-order valence-electron chi connectivity index (χ1n) is 9.50. The number of piperazine rings is 1. The third kappa shape index (κ3) is 3.54. The highest BCUT2D eigenvalue weighted by molar-refractivity contribution is 5.96. The van der Waals surface area contributed by atoms with E-state index < -0.39 is 0 Å². The standard InChI is InChI=1S/C22H24N2O3/c1-27-20-9-7-17(8-10-20)21(25)23-11-13-24(14-12-23)22(26)19-6-5-16-3-2-4-18(16)15-19/h5-10,15H,2-4,11-14H2,1H3. The molecule has 5 nitrogen and oxygen atoms in total. The molecule has 1 heterocycles. The normalized spacial score (nSPS) is 16.2. The molecule has 1 aliphatic heterocycles. The predicted molar refractivity (Wildman–Crippen MR) is 103 cm³/mol. The lowest BCUT2D eigenvalue weighted by Crippen LogP contribution is -2.50. The van der Waals surface area contributed by atoms with Gasteiger partial charge in [0.25, 0.3) is 11.8 Å². The number of fused-ring (bicyclic) bond motifs is 1. The van der Waals surface area contributed by atoms with Crippen molar-refractivity contribution in [3.63, 3.8) is 0 Å². The average Bonchev–Trinajstić information content (AvgIpc) is 3.21. The van der Waals surface area contributed by atoms with E-state index in [-0.39, 0.29) is 11.8 Å². The van der Waals surface area contributed by atoms with Crippen LogP contribution in [0, 0.1) is 0 Å². The van der Waals surface area contributed by atoms with Gasteiger partial charge in [0, 0.05) is 37.3 Å². The van der Waals surface area contributed by atoms with Gasteiger partial charge < -0.3 is 14.5 Å². The minimum atomic E-state index is 0.00211. The van der Waals surface area contributed by atoms with Crippen molar-refractivity contribution in [1.82, 2.24) is 9.80 Å². The Balaban J connectivity index is 1.38. The van der Waals surface area contributed by atoms with Crippen molar-refractivity contribution >= 4 is 11.8 Å². The summed E-state index contributed by atoms with van der Waals surface area (Å²) in [5.41, 5.74) is 4.11. The van der Waals surface area contributed by atoms with Crippen molar-refractivity contribution in [3.8, 4) is 5.75 Å². The fraction of sp³-hybridized carbons (Fsp3) is 0.364. The zero-order valence-electron chi connectivity index (χ0n) is 15.6. The SMILES string of the molecule is COc1ccc(C(=O)N2CCN(C(=O)c3ccc4c(c3)CCC4)CC2)cc1. The van der Waals surface area contributed by atoms with Crippen molar-refractivity contribution in [2.75, 3.05) is 33.3 Å². The van der Waals surface area contributed by atoms with E-state index in [1.807, 2.05) is 15.9 Å². The number of benzene rings is 2. The van der Waals surface area contributed by atoms with Crippen molar-refractivity contribution < 1.29 is 14.3 Å². The molecule has 1 fully saturated rings. The first-order valence-corrected chi connectivity index (χ1v) is 9.50. The highest BCUT2D eigenvalue weighted by Gasteiger charge is 2.26. The molecule has 27 heavy (non-hydrogen) atoms. The van der Waals surface area contributed by atoms with Gasteiger partial charge in [-0.05, 0) is 66.8 Å². The van der Waals surface area contributed by atoms with Crippen LogP contribution in [0.2, 0.25) is 0 Å². The first-order chi connectivity index (χ1) is 13.2. The van der Waals surface area contributed by atoms with E-state index in [9.17, 15) is 9.59 Å². The Kier molecular flexibility index (Phi) is 4.84. The summed E-state index contributed by atoms with van der Waals surface area (Å²) in [5.74, 6) is 0.805. The molecular formula is C22H24N2O3. The van der Waals surface area contributed by atoms with E-state index in [1.54, 1.807) is 31.4 Å². The fourth-order valence-corrected chi connectivity index (χ4v) is 3.92. The van der Waals surface area contributed by atoms with Gasteiger partial charge in [0.2, 0.25) is 0 Å². The number of ether oxygens (including phenoxy) is 1. The maximum Gasteiger partial charge on any atom is 0.253 e. The summed E-state index contributed by atoms with van der Waals surface area (Å²) in [5, 5.41) is 0. The fourth-order valence-electron chi connectivity index (χ4n) is 3.92. The number of rotatable bonds is 3. The van der Waals surface area contributed by atoms with Crippen LogP contribution in [-0.2, 0) is 12.8 Å². The Morgan fingerprint density at radius 3 is 1.96 bits per heavy atom. The third-order valence-corrected chi connectivity index (χ3v) is 5.54. The lowest BCUT2D eigenvalue weighted by Gasteiger charge is -2.35. The molecule has 0 radical (unpaired) electrons. The number of carbonyl (C=O) groups excluding carboxylic acids is 2. The monoisotopic (exact) mass is 364 g/mol. The molecule has 0 saturated carbocycles. The number of amides is 2. The van der Waals surface area contributed by atoms with Crippen LogP contribution in [0.3, 0.4) is 0 Å². The molecule has 0 bridgehead atoms. The predicted octanol–water partition coefficient (Wildman–Crippen LogP) is 2.78. The molecular weight excluding hydrogens is 340 g/mol. The Bertz CT molecular complexity index is 852. The van der Waals surface area contributed by atoms with Gasteiger partial charge in [0.15, 0.2) is 0 Å². The van der Waals surface area contributed by atoms with Crippen LogP contribution in [-0.4, -0.2) is 54.9 Å². The van der Waals surface area contributed by atoms with E-state index in [2.05, 4.69) is 12.1 Å². The summed E-state index contributed by atoms with van der Waals surface area (Å²) in [4.78, 5) is 29.2. The van der Waals surface area contributed by atoms with Gasteiger partial charge in [-0.2, -0.15) is 0 Å². The molecule has 0 unspecified atom stereocenters. The second kappa shape index (κ2) is 7.43. The highest BCUT2D eigenvalue weighted by Crippen LogP contribution is 2.24. The van der Waals surface area contributed by atoms with Gasteiger partial charge in [0.1, 0.15) is 5.75 Å². The largest absolute Gasteiger partial charge is 0.497 e. The van der Waals surface area contributed by atoms with Crippen LogP contribution in [0.1, 0.15) is 38.3 Å². The molecule has 0 spiro atoms. The van der Waals surface area contributed by atoms with Gasteiger partial charge in [-0.25, -0.2) is 0 Å². The maximum atomic E-state index is 12.8. The average molecular weight is 364 g/mol. The van der Waals surface area contributed by atoms with E-state index >= 15 is 0 Å². The number of carbonyl (C=O) groups is 2. The second-order valence-electron chi connectivity index (χ2n) is 7.15. The van der Waals surface area contributed by atoms with Gasteiger partial charge in [-0.1, -0.05) is 6.07 Å². The van der Waals surface area contributed by atoms with Gasteiger partial charge in [-0.15, -0.1) is 0 Å². The molecule has 0 N–H and O–H groups in total. The molecule has 0 aromatic heterocycles. The summed E-state index contributed by atoms with van der Waals surface area (Å²) in [7, 11) is 1.61. The summed E-state index contributed by atoms with van der Waals surface area (Å²) in [6, 6.07) is 13.2. The Morgan fingerprint density at radius 1 is 0.778 bits per heavy atom. The molecule has 2 aromatic rings. The Morgan fingerprint density at radius 2 is 1.33 bits per heavy atom. The maximum absolute atomic E-state index is 12.8.